The Hall–Kier alpha value is -1.46. The molecule has 1 aliphatic carbocycles. The number of nitrogens with one attached hydrogen (secondary N) is 2. The van der Waals surface area contributed by atoms with Gasteiger partial charge in [0.1, 0.15) is 0 Å². The molecule has 1 rings (SSSR count). The first-order valence-electron chi connectivity index (χ1n) is 8.21. The summed E-state index contributed by atoms with van der Waals surface area (Å²) in [4.78, 5) is 13.3. The van der Waals surface area contributed by atoms with Crippen LogP contribution in [-0.4, -0.2) is 30.4 Å². The van der Waals surface area contributed by atoms with Gasteiger partial charge in [0, 0.05) is 49.4 Å². The Labute approximate surface area is 144 Å². The van der Waals surface area contributed by atoms with Crippen LogP contribution < -0.4 is 16.6 Å². The van der Waals surface area contributed by atoms with Gasteiger partial charge in [0.05, 0.1) is 0 Å². The molecule has 130 valence electrons. The Morgan fingerprint density at radius 1 is 1.35 bits per heavy atom. The molecule has 0 saturated heterocycles. The summed E-state index contributed by atoms with van der Waals surface area (Å²) >= 11 is 6.30. The molecular formula is C17H29ClN4O. The molecule has 0 heterocycles. The normalized spacial score (nSPS) is 14.8. The molecule has 0 aromatic carbocycles. The number of amides is 1. The summed E-state index contributed by atoms with van der Waals surface area (Å²) in [5.74, 6) is 5.57. The van der Waals surface area contributed by atoms with E-state index in [-0.39, 0.29) is 5.91 Å². The van der Waals surface area contributed by atoms with Gasteiger partial charge in [-0.3, -0.25) is 10.6 Å². The van der Waals surface area contributed by atoms with Crippen LogP contribution in [0.15, 0.2) is 34.2 Å². The number of rotatable bonds is 9. The lowest BCUT2D eigenvalue weighted by molar-refractivity contribution is -0.118. The molecule has 0 atom stereocenters. The molecule has 0 saturated carbocycles. The number of unbranched alkanes of at least 4 members (excludes halogenated alkanes) is 1. The monoisotopic (exact) mass is 340 g/mol. The Morgan fingerprint density at radius 3 is 2.70 bits per heavy atom. The number of carbonyl (C=O) groups is 1. The Morgan fingerprint density at radius 2 is 2.09 bits per heavy atom. The van der Waals surface area contributed by atoms with Crippen molar-refractivity contribution in [3.8, 4) is 0 Å². The highest BCUT2D eigenvalue weighted by Crippen LogP contribution is 2.25. The van der Waals surface area contributed by atoms with Gasteiger partial charge in [-0.1, -0.05) is 18.5 Å². The largest absolute Gasteiger partial charge is 0.372 e. The van der Waals surface area contributed by atoms with Crippen molar-refractivity contribution >= 4 is 17.5 Å². The SMILES string of the molecule is CCCN(CCCCNC(C)=O)C1=C(C)CC(NN)=CC(Cl)=C1. The molecule has 0 fully saturated rings. The van der Waals surface area contributed by atoms with E-state index >= 15 is 0 Å². The maximum absolute atomic E-state index is 10.9. The molecule has 0 spiro atoms. The fourth-order valence-corrected chi connectivity index (χ4v) is 2.89. The summed E-state index contributed by atoms with van der Waals surface area (Å²) in [6.07, 6.45) is 7.73. The van der Waals surface area contributed by atoms with Gasteiger partial charge in [0.15, 0.2) is 0 Å². The van der Waals surface area contributed by atoms with Crippen LogP contribution in [0.25, 0.3) is 0 Å². The van der Waals surface area contributed by atoms with Gasteiger partial charge in [0.25, 0.3) is 0 Å². The van der Waals surface area contributed by atoms with Gasteiger partial charge >= 0.3 is 0 Å². The van der Waals surface area contributed by atoms with E-state index in [1.54, 1.807) is 6.92 Å². The van der Waals surface area contributed by atoms with Crippen LogP contribution in [-0.2, 0) is 4.79 Å². The lowest BCUT2D eigenvalue weighted by atomic mass is 10.1. The molecule has 6 heteroatoms. The Kier molecular flexibility index (Phi) is 8.81. The predicted molar refractivity (Wildman–Crippen MR) is 96.4 cm³/mol. The number of nitrogens with zero attached hydrogens (tertiary/aromatic N) is 1. The van der Waals surface area contributed by atoms with Crippen LogP contribution in [0.4, 0.5) is 0 Å². The minimum absolute atomic E-state index is 0.0281. The standard InChI is InChI=1S/C17H29ClN4O/c1-4-8-22(9-6-5-7-20-14(3)23)17-12-15(18)11-16(21-19)10-13(17)2/h11-12,21H,4-10,19H2,1-3H3,(H,20,23). The molecule has 0 bridgehead atoms. The highest BCUT2D eigenvalue weighted by atomic mass is 35.5. The molecule has 0 aromatic heterocycles. The molecule has 1 aliphatic rings. The molecule has 4 N–H and O–H groups in total. The van der Waals surface area contributed by atoms with Crippen molar-refractivity contribution in [3.63, 3.8) is 0 Å². The van der Waals surface area contributed by atoms with Crippen molar-refractivity contribution in [3.05, 3.63) is 34.2 Å². The number of hydrazine groups is 1. The first-order chi connectivity index (χ1) is 11.0. The summed E-state index contributed by atoms with van der Waals surface area (Å²) in [6, 6.07) is 0. The number of allylic oxidation sites excluding steroid dienone is 4. The van der Waals surface area contributed by atoms with E-state index in [1.165, 1.54) is 11.3 Å². The minimum atomic E-state index is 0.0281. The van der Waals surface area contributed by atoms with E-state index in [9.17, 15) is 4.79 Å². The Bertz CT molecular complexity index is 497. The summed E-state index contributed by atoms with van der Waals surface area (Å²) in [5.41, 5.74) is 6.06. The highest BCUT2D eigenvalue weighted by molar-refractivity contribution is 6.31. The van der Waals surface area contributed by atoms with E-state index in [1.807, 2.05) is 12.2 Å². The third-order valence-electron chi connectivity index (χ3n) is 3.73. The summed E-state index contributed by atoms with van der Waals surface area (Å²) < 4.78 is 0. The molecule has 0 unspecified atom stereocenters. The molecule has 0 aromatic rings. The second kappa shape index (κ2) is 10.3. The topological polar surface area (TPSA) is 70.4 Å². The average Bonchev–Trinajstić information content (AvgIpc) is 2.64. The number of carbonyl (C=O) groups excluding carboxylic acids is 1. The van der Waals surface area contributed by atoms with Crippen LogP contribution >= 0.6 is 11.6 Å². The summed E-state index contributed by atoms with van der Waals surface area (Å²) in [6.45, 7) is 8.50. The Balaban J connectivity index is 2.72. The third kappa shape index (κ3) is 7.10. The fraction of sp³-hybridized carbons (Fsp3) is 0.588. The molecule has 5 nitrogen and oxygen atoms in total. The number of nitrogens with two attached hydrogens (primary N) is 1. The van der Waals surface area contributed by atoms with Crippen LogP contribution in [0.1, 0.15) is 46.5 Å². The van der Waals surface area contributed by atoms with Crippen molar-refractivity contribution < 1.29 is 4.79 Å². The second-order valence-corrected chi connectivity index (χ2v) is 6.30. The molecule has 1 amide bonds. The van der Waals surface area contributed by atoms with Crippen molar-refractivity contribution in [2.75, 3.05) is 19.6 Å². The molecule has 0 aliphatic heterocycles. The lowest BCUT2D eigenvalue weighted by Gasteiger charge is -2.27. The average molecular weight is 341 g/mol. The lowest BCUT2D eigenvalue weighted by Crippen LogP contribution is -2.27. The van der Waals surface area contributed by atoms with Crippen molar-refractivity contribution in [2.45, 2.75) is 46.5 Å². The van der Waals surface area contributed by atoms with Gasteiger partial charge in [-0.2, -0.15) is 0 Å². The van der Waals surface area contributed by atoms with Crippen LogP contribution in [0, 0.1) is 0 Å². The number of hydrogen-bond donors (Lipinski definition) is 3. The van der Waals surface area contributed by atoms with E-state index in [2.05, 4.69) is 29.5 Å². The van der Waals surface area contributed by atoms with Crippen LogP contribution in [0.5, 0.6) is 0 Å². The van der Waals surface area contributed by atoms with E-state index in [0.717, 1.165) is 51.0 Å². The van der Waals surface area contributed by atoms with Gasteiger partial charge in [0.2, 0.25) is 5.91 Å². The third-order valence-corrected chi connectivity index (χ3v) is 3.95. The first kappa shape index (κ1) is 19.6. The summed E-state index contributed by atoms with van der Waals surface area (Å²) in [7, 11) is 0. The maximum atomic E-state index is 10.9. The van der Waals surface area contributed by atoms with Gasteiger partial charge < -0.3 is 15.6 Å². The van der Waals surface area contributed by atoms with E-state index < -0.39 is 0 Å². The zero-order chi connectivity index (χ0) is 17.2. The highest BCUT2D eigenvalue weighted by Gasteiger charge is 2.14. The van der Waals surface area contributed by atoms with E-state index in [0.29, 0.717) is 5.03 Å². The molecule has 23 heavy (non-hydrogen) atoms. The van der Waals surface area contributed by atoms with Gasteiger partial charge in [-0.05, 0) is 43.9 Å². The van der Waals surface area contributed by atoms with Crippen molar-refractivity contribution in [1.29, 1.82) is 0 Å². The summed E-state index contributed by atoms with van der Waals surface area (Å²) in [5, 5.41) is 3.52. The van der Waals surface area contributed by atoms with Gasteiger partial charge in [-0.25, -0.2) is 0 Å². The van der Waals surface area contributed by atoms with Crippen LogP contribution in [0.2, 0.25) is 0 Å². The maximum Gasteiger partial charge on any atom is 0.216 e. The van der Waals surface area contributed by atoms with E-state index in [4.69, 9.17) is 17.4 Å². The smallest absolute Gasteiger partial charge is 0.216 e. The number of hydrogen-bond acceptors (Lipinski definition) is 4. The minimum Gasteiger partial charge on any atom is -0.372 e. The zero-order valence-corrected chi connectivity index (χ0v) is 15.2. The number of halogens is 1. The molecule has 0 radical (unpaired) electrons. The van der Waals surface area contributed by atoms with Crippen molar-refractivity contribution in [1.82, 2.24) is 15.6 Å². The zero-order valence-electron chi connectivity index (χ0n) is 14.4. The van der Waals surface area contributed by atoms with Crippen molar-refractivity contribution in [2.24, 2.45) is 5.84 Å². The quantitative estimate of drug-likeness (QED) is 0.343. The molecular weight excluding hydrogens is 312 g/mol. The van der Waals surface area contributed by atoms with Crippen LogP contribution in [0.3, 0.4) is 0 Å². The fourth-order valence-electron chi connectivity index (χ4n) is 2.66. The predicted octanol–water partition coefficient (Wildman–Crippen LogP) is 2.76. The second-order valence-electron chi connectivity index (χ2n) is 5.86. The van der Waals surface area contributed by atoms with Gasteiger partial charge in [-0.15, -0.1) is 0 Å². The first-order valence-corrected chi connectivity index (χ1v) is 8.59.